The van der Waals surface area contributed by atoms with Crippen LogP contribution in [0, 0.1) is 0 Å². The lowest BCUT2D eigenvalue weighted by atomic mass is 9.75. The number of hydrogen-bond acceptors (Lipinski definition) is 12. The Balaban J connectivity index is 0.937. The van der Waals surface area contributed by atoms with E-state index in [2.05, 4.69) is 20.9 Å². The van der Waals surface area contributed by atoms with Gasteiger partial charge in [-0.25, -0.2) is 0 Å². The molecule has 0 radical (unpaired) electrons. The third-order valence-electron chi connectivity index (χ3n) is 12.9. The molecule has 60 heavy (non-hydrogen) atoms. The molecular formula is C44H50N6O10. The molecule has 0 bridgehead atoms. The molecule has 2 atom stereocenters. The van der Waals surface area contributed by atoms with E-state index in [-0.39, 0.29) is 71.9 Å². The van der Waals surface area contributed by atoms with E-state index in [4.69, 9.17) is 4.74 Å². The van der Waals surface area contributed by atoms with Gasteiger partial charge in [0.25, 0.3) is 23.6 Å². The van der Waals surface area contributed by atoms with E-state index >= 15 is 0 Å². The highest BCUT2D eigenvalue weighted by atomic mass is 16.5. The Morgan fingerprint density at radius 1 is 0.700 bits per heavy atom. The molecule has 8 rings (SSSR count). The fourth-order valence-corrected chi connectivity index (χ4v) is 9.70. The average Bonchev–Trinajstić information content (AvgIpc) is 3.61. The van der Waals surface area contributed by atoms with Gasteiger partial charge in [0.05, 0.1) is 22.3 Å². The molecule has 2 aromatic carbocycles. The summed E-state index contributed by atoms with van der Waals surface area (Å²) in [6.45, 7) is 9.58. The second-order valence-electron chi connectivity index (χ2n) is 17.8. The summed E-state index contributed by atoms with van der Waals surface area (Å²) in [7, 11) is 0. The number of fused-ring (bicyclic) bond motifs is 2. The number of imide groups is 4. The largest absolute Gasteiger partial charge is 0.425 e. The molecule has 4 fully saturated rings. The van der Waals surface area contributed by atoms with E-state index in [0.29, 0.717) is 13.0 Å². The van der Waals surface area contributed by atoms with Gasteiger partial charge in [0.1, 0.15) is 17.8 Å². The van der Waals surface area contributed by atoms with Crippen LogP contribution in [0.15, 0.2) is 24.3 Å². The summed E-state index contributed by atoms with van der Waals surface area (Å²) < 4.78 is 6.23. The number of hydrogen-bond donors (Lipinski definition) is 3. The van der Waals surface area contributed by atoms with Crippen molar-refractivity contribution in [2.45, 2.75) is 114 Å². The van der Waals surface area contributed by atoms with Crippen molar-refractivity contribution in [1.82, 2.24) is 30.7 Å². The summed E-state index contributed by atoms with van der Waals surface area (Å²) in [5.41, 5.74) is 2.57. The Labute approximate surface area is 347 Å². The topological polar surface area (TPSA) is 209 Å². The van der Waals surface area contributed by atoms with Gasteiger partial charge in [-0.15, -0.1) is 0 Å². The highest BCUT2D eigenvalue weighted by molar-refractivity contribution is 6.25. The zero-order valence-electron chi connectivity index (χ0n) is 34.1. The van der Waals surface area contributed by atoms with Crippen molar-refractivity contribution < 1.29 is 47.9 Å². The predicted octanol–water partition coefficient (Wildman–Crippen LogP) is 2.82. The lowest BCUT2D eigenvalue weighted by molar-refractivity contribution is -0.137. The Bertz CT molecular complexity index is 2230. The summed E-state index contributed by atoms with van der Waals surface area (Å²) >= 11 is 0. The lowest BCUT2D eigenvalue weighted by Crippen LogP contribution is -2.54. The monoisotopic (exact) mass is 822 g/mol. The van der Waals surface area contributed by atoms with Gasteiger partial charge in [-0.2, -0.15) is 0 Å². The van der Waals surface area contributed by atoms with E-state index in [1.165, 1.54) is 0 Å². The number of likely N-dealkylation sites (tertiary alicyclic amines) is 1. The molecule has 6 aliphatic heterocycles. The zero-order valence-corrected chi connectivity index (χ0v) is 34.1. The van der Waals surface area contributed by atoms with E-state index in [1.54, 1.807) is 18.2 Å². The standard InChI is InChI=1S/C44H50N6O10/c1-44(2,3)29-22-28-36(43(59)50(42(28)58)31-9-11-33(52)47-39(31)55)37(35(29)24-12-16-45-17-13-24)60-34(53)5-4-18-48-19-14-23(15-20-48)25-6-7-26-27(21-25)41(57)49(40(26)56)30-8-10-32(51)46-38(30)54/h6-7,21-24,30-31,45H,4-5,8-20H2,1-3H3,(H,46,51,54)(H,47,52,55). The van der Waals surface area contributed by atoms with Crippen molar-refractivity contribution in [2.24, 2.45) is 0 Å². The van der Waals surface area contributed by atoms with Gasteiger partial charge in [-0.3, -0.25) is 63.6 Å². The molecule has 0 aromatic heterocycles. The van der Waals surface area contributed by atoms with Gasteiger partial charge >= 0.3 is 5.97 Å². The van der Waals surface area contributed by atoms with Crippen molar-refractivity contribution in [1.29, 1.82) is 0 Å². The van der Waals surface area contributed by atoms with Crippen molar-refractivity contribution in [3.05, 3.63) is 63.2 Å². The second-order valence-corrected chi connectivity index (χ2v) is 17.8. The fourth-order valence-electron chi connectivity index (χ4n) is 9.70. The molecule has 4 saturated heterocycles. The summed E-state index contributed by atoms with van der Waals surface area (Å²) in [6.07, 6.45) is 3.73. The van der Waals surface area contributed by atoms with Crippen molar-refractivity contribution >= 4 is 53.2 Å². The van der Waals surface area contributed by atoms with Crippen molar-refractivity contribution in [3.8, 4) is 5.75 Å². The molecule has 8 amide bonds. The molecular weight excluding hydrogens is 773 g/mol. The number of nitrogens with zero attached hydrogens (tertiary/aromatic N) is 3. The molecule has 0 aliphatic carbocycles. The maximum atomic E-state index is 14.2. The summed E-state index contributed by atoms with van der Waals surface area (Å²) in [6, 6.07) is 4.81. The van der Waals surface area contributed by atoms with Crippen LogP contribution in [0.2, 0.25) is 0 Å². The van der Waals surface area contributed by atoms with Gasteiger partial charge < -0.3 is 15.0 Å². The van der Waals surface area contributed by atoms with Crippen LogP contribution < -0.4 is 20.7 Å². The molecule has 16 heteroatoms. The van der Waals surface area contributed by atoms with Crippen LogP contribution >= 0.6 is 0 Å². The van der Waals surface area contributed by atoms with E-state index in [9.17, 15) is 43.2 Å². The normalized spacial score (nSPS) is 23.2. The van der Waals surface area contributed by atoms with Gasteiger partial charge in [-0.1, -0.05) is 26.8 Å². The highest BCUT2D eigenvalue weighted by Gasteiger charge is 2.49. The van der Waals surface area contributed by atoms with E-state index in [1.807, 2.05) is 26.8 Å². The smallest absolute Gasteiger partial charge is 0.311 e. The van der Waals surface area contributed by atoms with Crippen LogP contribution in [0.4, 0.5) is 0 Å². The number of esters is 1. The molecule has 0 spiro atoms. The molecule has 0 saturated carbocycles. The van der Waals surface area contributed by atoms with Crippen molar-refractivity contribution in [3.63, 3.8) is 0 Å². The van der Waals surface area contributed by atoms with Crippen molar-refractivity contribution in [2.75, 3.05) is 32.7 Å². The fraction of sp³-hybridized carbons (Fsp3) is 0.523. The van der Waals surface area contributed by atoms with Crippen LogP contribution in [0.3, 0.4) is 0 Å². The number of carbonyl (C=O) groups is 9. The lowest BCUT2D eigenvalue weighted by Gasteiger charge is -2.33. The maximum absolute atomic E-state index is 14.2. The molecule has 6 heterocycles. The number of nitrogens with one attached hydrogen (secondary N) is 3. The summed E-state index contributed by atoms with van der Waals surface area (Å²) in [5, 5.41) is 7.83. The average molecular weight is 823 g/mol. The minimum Gasteiger partial charge on any atom is -0.425 e. The first-order chi connectivity index (χ1) is 28.6. The summed E-state index contributed by atoms with van der Waals surface area (Å²) in [4.78, 5) is 122. The van der Waals surface area contributed by atoms with Crippen LogP contribution in [0.25, 0.3) is 0 Å². The number of amides is 8. The number of piperidine rings is 4. The van der Waals surface area contributed by atoms with E-state index in [0.717, 1.165) is 78.4 Å². The molecule has 316 valence electrons. The Morgan fingerprint density at radius 2 is 1.28 bits per heavy atom. The third-order valence-corrected chi connectivity index (χ3v) is 12.9. The molecule has 2 unspecified atom stereocenters. The summed E-state index contributed by atoms with van der Waals surface area (Å²) in [5.74, 6) is -5.03. The number of rotatable bonds is 9. The predicted molar refractivity (Wildman–Crippen MR) is 213 cm³/mol. The minimum absolute atomic E-state index is 0.00894. The van der Waals surface area contributed by atoms with E-state index < -0.39 is 70.7 Å². The van der Waals surface area contributed by atoms with Crippen LogP contribution in [0.5, 0.6) is 5.75 Å². The number of benzene rings is 2. The van der Waals surface area contributed by atoms with Crippen LogP contribution in [-0.4, -0.2) is 113 Å². The third kappa shape index (κ3) is 7.55. The van der Waals surface area contributed by atoms with Gasteiger partial charge in [0, 0.05) is 24.8 Å². The maximum Gasteiger partial charge on any atom is 0.311 e. The van der Waals surface area contributed by atoms with Crippen LogP contribution in [-0.2, 0) is 29.4 Å². The molecule has 16 nitrogen and oxygen atoms in total. The zero-order chi connectivity index (χ0) is 42.6. The Hall–Kier alpha value is -5.61. The SMILES string of the molecule is CC(C)(C)c1cc2c(c(OC(=O)CCCN3CCC(c4ccc5c(c4)C(=O)N(C4CCC(=O)NC4=O)C5=O)CC3)c1C1CCNCC1)C(=O)N(C1CCC(=O)NC1=O)C2=O. The quantitative estimate of drug-likeness (QED) is 0.190. The number of ether oxygens (including phenoxy) is 1. The first-order valence-corrected chi connectivity index (χ1v) is 21.0. The first kappa shape index (κ1) is 41.1. The minimum atomic E-state index is -1.16. The highest BCUT2D eigenvalue weighted by Crippen LogP contribution is 2.47. The molecule has 6 aliphatic rings. The Kier molecular flexibility index (Phi) is 11.0. The van der Waals surface area contributed by atoms with Crippen LogP contribution in [0.1, 0.15) is 155 Å². The molecule has 3 N–H and O–H groups in total. The Morgan fingerprint density at radius 3 is 1.88 bits per heavy atom. The molecule has 2 aromatic rings. The second kappa shape index (κ2) is 16.1. The van der Waals surface area contributed by atoms with Gasteiger partial charge in [-0.05, 0) is 124 Å². The van der Waals surface area contributed by atoms with Gasteiger partial charge in [0.15, 0.2) is 0 Å². The number of carbonyl (C=O) groups excluding carboxylic acids is 9. The first-order valence-electron chi connectivity index (χ1n) is 21.0. The van der Waals surface area contributed by atoms with Gasteiger partial charge in [0.2, 0.25) is 23.6 Å².